The molecule has 33 heavy (non-hydrogen) atoms. The van der Waals surface area contributed by atoms with E-state index in [2.05, 4.69) is 25.9 Å². The van der Waals surface area contributed by atoms with Gasteiger partial charge < -0.3 is 10.6 Å². The van der Waals surface area contributed by atoms with Crippen LogP contribution < -0.4 is 10.6 Å². The van der Waals surface area contributed by atoms with Crippen molar-refractivity contribution in [1.29, 1.82) is 0 Å². The molecule has 168 valence electrons. The Morgan fingerprint density at radius 2 is 1.88 bits per heavy atom. The summed E-state index contributed by atoms with van der Waals surface area (Å²) in [5.41, 5.74) is 2.78. The van der Waals surface area contributed by atoms with Crippen LogP contribution in [0.25, 0.3) is 5.65 Å². The highest BCUT2D eigenvalue weighted by Gasteiger charge is 2.11. The lowest BCUT2D eigenvalue weighted by Gasteiger charge is -2.06. The summed E-state index contributed by atoms with van der Waals surface area (Å²) in [6, 6.07) is 16.5. The molecule has 0 saturated heterocycles. The monoisotopic (exact) mass is 464 g/mol. The molecule has 2 N–H and O–H groups in total. The third-order valence-corrected chi connectivity index (χ3v) is 5.62. The number of amides is 2. The minimum Gasteiger partial charge on any atom is -0.352 e. The predicted octanol–water partition coefficient (Wildman–Crippen LogP) is 3.28. The third kappa shape index (κ3) is 5.92. The highest BCUT2D eigenvalue weighted by molar-refractivity contribution is 7.99. The zero-order valence-electron chi connectivity index (χ0n) is 17.8. The fourth-order valence-electron chi connectivity index (χ4n) is 3.10. The van der Waals surface area contributed by atoms with Crippen LogP contribution in [-0.2, 0) is 11.2 Å². The van der Waals surface area contributed by atoms with E-state index in [9.17, 15) is 14.0 Å². The van der Waals surface area contributed by atoms with Crippen LogP contribution in [0.2, 0.25) is 0 Å². The predicted molar refractivity (Wildman–Crippen MR) is 124 cm³/mol. The average Bonchev–Trinajstić information content (AvgIpc) is 3.20. The number of carbonyl (C=O) groups is 2. The van der Waals surface area contributed by atoms with Crippen molar-refractivity contribution >= 4 is 34.9 Å². The highest BCUT2D eigenvalue weighted by Crippen LogP contribution is 2.17. The molecule has 0 atom stereocenters. The lowest BCUT2D eigenvalue weighted by Crippen LogP contribution is -2.26. The van der Waals surface area contributed by atoms with Gasteiger partial charge in [-0.15, -0.1) is 10.2 Å². The van der Waals surface area contributed by atoms with Gasteiger partial charge in [0, 0.05) is 24.2 Å². The minimum atomic E-state index is -0.395. The molecule has 8 nitrogen and oxygen atoms in total. The van der Waals surface area contributed by atoms with Crippen LogP contribution in [-0.4, -0.2) is 43.9 Å². The van der Waals surface area contributed by atoms with Crippen molar-refractivity contribution < 1.29 is 14.0 Å². The quantitative estimate of drug-likeness (QED) is 0.388. The van der Waals surface area contributed by atoms with Crippen LogP contribution in [0.15, 0.2) is 65.7 Å². The number of fused-ring (bicyclic) bond motifs is 1. The molecular weight excluding hydrogens is 443 g/mol. The van der Waals surface area contributed by atoms with E-state index in [1.165, 1.54) is 36.0 Å². The Labute approximate surface area is 193 Å². The van der Waals surface area contributed by atoms with Crippen molar-refractivity contribution in [2.24, 2.45) is 0 Å². The average molecular weight is 465 g/mol. The summed E-state index contributed by atoms with van der Waals surface area (Å²) in [5, 5.41) is 19.0. The molecule has 4 rings (SSSR count). The van der Waals surface area contributed by atoms with E-state index in [4.69, 9.17) is 0 Å². The van der Waals surface area contributed by atoms with Gasteiger partial charge in [-0.05, 0) is 61.0 Å². The SMILES string of the molecule is Cc1cccc(NC(=O)CSc2ccc3nnc(CCNC(=O)c4ccc(F)cc4)n3n2)c1. The zero-order chi connectivity index (χ0) is 23.2. The molecule has 2 heterocycles. The Bertz CT molecular complexity index is 1290. The number of hydrogen-bond acceptors (Lipinski definition) is 6. The molecule has 2 amide bonds. The number of thioether (sulfide) groups is 1. The summed E-state index contributed by atoms with van der Waals surface area (Å²) in [6.45, 7) is 2.28. The largest absolute Gasteiger partial charge is 0.352 e. The summed E-state index contributed by atoms with van der Waals surface area (Å²) in [4.78, 5) is 24.4. The fourth-order valence-corrected chi connectivity index (χ4v) is 3.75. The van der Waals surface area contributed by atoms with E-state index >= 15 is 0 Å². The van der Waals surface area contributed by atoms with Crippen molar-refractivity contribution in [2.45, 2.75) is 18.4 Å². The molecule has 10 heteroatoms. The van der Waals surface area contributed by atoms with Gasteiger partial charge in [0.05, 0.1) is 5.75 Å². The molecule has 2 aromatic carbocycles. The first-order valence-corrected chi connectivity index (χ1v) is 11.2. The van der Waals surface area contributed by atoms with Crippen LogP contribution >= 0.6 is 11.8 Å². The van der Waals surface area contributed by atoms with E-state index in [0.717, 1.165) is 11.3 Å². The van der Waals surface area contributed by atoms with Crippen molar-refractivity contribution in [3.63, 3.8) is 0 Å². The molecule has 4 aromatic rings. The Morgan fingerprint density at radius 3 is 2.67 bits per heavy atom. The molecule has 0 spiro atoms. The second-order valence-corrected chi connectivity index (χ2v) is 8.27. The van der Waals surface area contributed by atoms with Crippen LogP contribution in [0, 0.1) is 12.7 Å². The number of hydrogen-bond donors (Lipinski definition) is 2. The van der Waals surface area contributed by atoms with Crippen LogP contribution in [0.1, 0.15) is 21.7 Å². The van der Waals surface area contributed by atoms with Gasteiger partial charge >= 0.3 is 0 Å². The molecule has 0 radical (unpaired) electrons. The maximum Gasteiger partial charge on any atom is 0.251 e. The first-order chi connectivity index (χ1) is 16.0. The van der Waals surface area contributed by atoms with Gasteiger partial charge in [-0.25, -0.2) is 4.39 Å². The maximum atomic E-state index is 13.0. The number of nitrogens with one attached hydrogen (secondary N) is 2. The Hall–Kier alpha value is -3.79. The first-order valence-electron chi connectivity index (χ1n) is 10.2. The molecular formula is C23H21FN6O2S. The molecule has 0 saturated carbocycles. The van der Waals surface area contributed by atoms with Crippen LogP contribution in [0.3, 0.4) is 0 Å². The van der Waals surface area contributed by atoms with Crippen molar-refractivity contribution in [3.8, 4) is 0 Å². The molecule has 0 bridgehead atoms. The summed E-state index contributed by atoms with van der Waals surface area (Å²) in [5.74, 6) is -0.0324. The number of anilines is 1. The van der Waals surface area contributed by atoms with Crippen LogP contribution in [0.5, 0.6) is 0 Å². The van der Waals surface area contributed by atoms with Gasteiger partial charge in [-0.2, -0.15) is 9.61 Å². The maximum absolute atomic E-state index is 13.0. The van der Waals surface area contributed by atoms with E-state index in [1.807, 2.05) is 31.2 Å². The van der Waals surface area contributed by atoms with Gasteiger partial charge in [0.15, 0.2) is 11.5 Å². The lowest BCUT2D eigenvalue weighted by atomic mass is 10.2. The van der Waals surface area contributed by atoms with Crippen molar-refractivity contribution in [2.75, 3.05) is 17.6 Å². The van der Waals surface area contributed by atoms with Crippen molar-refractivity contribution in [3.05, 3.63) is 83.4 Å². The number of halogens is 1. The molecule has 0 aliphatic heterocycles. The van der Waals surface area contributed by atoms with E-state index < -0.39 is 5.82 Å². The Morgan fingerprint density at radius 1 is 1.06 bits per heavy atom. The molecule has 2 aromatic heterocycles. The summed E-state index contributed by atoms with van der Waals surface area (Å²) in [7, 11) is 0. The number of rotatable bonds is 8. The third-order valence-electron chi connectivity index (χ3n) is 4.70. The van der Waals surface area contributed by atoms with Gasteiger partial charge in [0.1, 0.15) is 10.8 Å². The fraction of sp³-hybridized carbons (Fsp3) is 0.174. The molecule has 0 aliphatic carbocycles. The second-order valence-electron chi connectivity index (χ2n) is 7.28. The van der Waals surface area contributed by atoms with E-state index in [-0.39, 0.29) is 17.6 Å². The normalized spacial score (nSPS) is 10.8. The van der Waals surface area contributed by atoms with E-state index in [1.54, 1.807) is 16.6 Å². The Balaban J connectivity index is 1.33. The van der Waals surface area contributed by atoms with Gasteiger partial charge in [0.25, 0.3) is 5.91 Å². The molecule has 0 unspecified atom stereocenters. The topological polar surface area (TPSA) is 101 Å². The molecule has 0 fully saturated rings. The standard InChI is InChI=1S/C23H21FN6O2S/c1-15-3-2-4-18(13-15)26-21(31)14-33-22-10-9-19-27-28-20(30(19)29-22)11-12-25-23(32)16-5-7-17(24)8-6-16/h2-10,13H,11-12,14H2,1H3,(H,25,32)(H,26,31). The molecule has 0 aliphatic rings. The number of nitrogens with zero attached hydrogens (tertiary/aromatic N) is 4. The van der Waals surface area contributed by atoms with E-state index in [0.29, 0.717) is 35.0 Å². The van der Waals surface area contributed by atoms with Gasteiger partial charge in [-0.1, -0.05) is 23.9 Å². The zero-order valence-corrected chi connectivity index (χ0v) is 18.6. The van der Waals surface area contributed by atoms with Gasteiger partial charge in [0.2, 0.25) is 5.91 Å². The summed E-state index contributed by atoms with van der Waals surface area (Å²) >= 11 is 1.31. The summed E-state index contributed by atoms with van der Waals surface area (Å²) < 4.78 is 14.6. The number of aromatic nitrogens is 4. The highest BCUT2D eigenvalue weighted by atomic mass is 32.2. The summed E-state index contributed by atoms with van der Waals surface area (Å²) in [6.07, 6.45) is 0.406. The smallest absolute Gasteiger partial charge is 0.251 e. The van der Waals surface area contributed by atoms with Crippen LogP contribution in [0.4, 0.5) is 10.1 Å². The van der Waals surface area contributed by atoms with Crippen molar-refractivity contribution in [1.82, 2.24) is 25.1 Å². The lowest BCUT2D eigenvalue weighted by molar-refractivity contribution is -0.113. The minimum absolute atomic E-state index is 0.125. The second kappa shape index (κ2) is 10.2. The Kier molecular flexibility index (Phi) is 6.94. The number of aryl methyl sites for hydroxylation is 1. The number of benzene rings is 2. The first kappa shape index (κ1) is 22.4. The number of carbonyl (C=O) groups excluding carboxylic acids is 2. The van der Waals surface area contributed by atoms with Gasteiger partial charge in [-0.3, -0.25) is 9.59 Å².